The molecule has 0 aliphatic rings. The first-order valence-electron chi connectivity index (χ1n) is 16.8. The van der Waals surface area contributed by atoms with Crippen molar-refractivity contribution in [3.05, 3.63) is 53.6 Å². The van der Waals surface area contributed by atoms with Gasteiger partial charge in [0.15, 0.2) is 8.32 Å². The van der Waals surface area contributed by atoms with Crippen LogP contribution < -0.4 is 4.74 Å². The SMILES string of the molecule is CCOC(=O)/C=C(C)/C=C/C[C@H](O)c1ccc(OCCO[Si](CCC(F)(F)C(F)(F)C(F)(F)C(F)(F)C(F)(F)C(F)(F)C(F)(F)C(F)(F)F)(C(C)C)C(C)C)cc1. The molecule has 1 aromatic rings. The van der Waals surface area contributed by atoms with Gasteiger partial charge in [-0.3, -0.25) is 0 Å². The molecule has 23 heteroatoms. The Morgan fingerprint density at radius 2 is 1.18 bits per heavy atom. The number of rotatable bonds is 22. The Labute approximate surface area is 317 Å². The molecule has 0 radical (unpaired) electrons. The molecule has 0 aliphatic heterocycles. The maximum atomic E-state index is 14.8. The van der Waals surface area contributed by atoms with E-state index >= 15 is 0 Å². The van der Waals surface area contributed by atoms with Crippen molar-refractivity contribution in [2.24, 2.45) is 0 Å². The molecule has 0 aromatic heterocycles. The van der Waals surface area contributed by atoms with Gasteiger partial charge in [0.05, 0.1) is 19.3 Å². The number of benzene rings is 1. The fourth-order valence-electron chi connectivity index (χ4n) is 5.47. The zero-order chi connectivity index (χ0) is 44.9. The molecular weight excluding hydrogens is 839 g/mol. The van der Waals surface area contributed by atoms with Gasteiger partial charge in [0, 0.05) is 12.5 Å². The Morgan fingerprint density at radius 1 is 0.719 bits per heavy atom. The van der Waals surface area contributed by atoms with Crippen LogP contribution in [0.5, 0.6) is 5.75 Å². The van der Waals surface area contributed by atoms with E-state index in [1.807, 2.05) is 0 Å². The van der Waals surface area contributed by atoms with Crippen LogP contribution in [0.25, 0.3) is 0 Å². The van der Waals surface area contributed by atoms with Crippen LogP contribution in [-0.4, -0.2) is 86.8 Å². The molecule has 0 saturated heterocycles. The number of carbonyl (C=O) groups is 1. The molecule has 0 bridgehead atoms. The number of allylic oxidation sites excluding steroid dienone is 2. The Bertz CT molecular complexity index is 1520. The molecule has 0 spiro atoms. The van der Waals surface area contributed by atoms with Crippen molar-refractivity contribution in [2.45, 2.75) is 125 Å². The number of aliphatic hydroxyl groups excluding tert-OH is 1. The number of carbonyl (C=O) groups excluding carboxylic acids is 1. The fraction of sp³-hybridized carbons (Fsp3) is 0.676. The maximum absolute atomic E-state index is 14.8. The van der Waals surface area contributed by atoms with E-state index in [1.54, 1.807) is 26.0 Å². The highest BCUT2D eigenvalue weighted by molar-refractivity contribution is 6.76. The minimum absolute atomic E-state index is 0.132. The van der Waals surface area contributed by atoms with Gasteiger partial charge in [-0.15, -0.1) is 0 Å². The van der Waals surface area contributed by atoms with Crippen molar-refractivity contribution in [2.75, 3.05) is 19.8 Å². The summed E-state index contributed by atoms with van der Waals surface area (Å²) in [4.78, 5) is 11.5. The highest BCUT2D eigenvalue weighted by atomic mass is 28.4. The molecule has 1 atom stereocenters. The van der Waals surface area contributed by atoms with E-state index in [-0.39, 0.29) is 25.4 Å². The average Bonchev–Trinajstić information content (AvgIpc) is 3.06. The Kier molecular flexibility index (Phi) is 16.8. The highest BCUT2D eigenvalue weighted by Crippen LogP contribution is 2.64. The minimum Gasteiger partial charge on any atom is -0.491 e. The summed E-state index contributed by atoms with van der Waals surface area (Å²) in [5.41, 5.74) is -0.716. The second-order valence-corrected chi connectivity index (χ2v) is 18.5. The summed E-state index contributed by atoms with van der Waals surface area (Å²) in [5.74, 6) is -57.0. The zero-order valence-electron chi connectivity index (χ0n) is 31.0. The van der Waals surface area contributed by atoms with Gasteiger partial charge in [-0.25, -0.2) is 4.79 Å². The Morgan fingerprint density at radius 3 is 1.61 bits per heavy atom. The second-order valence-electron chi connectivity index (χ2n) is 13.5. The molecule has 57 heavy (non-hydrogen) atoms. The number of esters is 1. The lowest BCUT2D eigenvalue weighted by Crippen LogP contribution is -2.74. The molecule has 0 unspecified atom stereocenters. The number of ether oxygens (including phenoxy) is 2. The Balaban J connectivity index is 3.15. The van der Waals surface area contributed by atoms with Gasteiger partial charge >= 0.3 is 53.6 Å². The lowest BCUT2D eigenvalue weighted by atomic mass is 9.88. The zero-order valence-corrected chi connectivity index (χ0v) is 32.0. The quantitative estimate of drug-likeness (QED) is 0.0314. The van der Waals surface area contributed by atoms with E-state index < -0.39 is 98.2 Å². The van der Waals surface area contributed by atoms with Crippen molar-refractivity contribution in [3.8, 4) is 5.75 Å². The van der Waals surface area contributed by atoms with Gasteiger partial charge in [-0.05, 0) is 60.7 Å². The third-order valence-corrected chi connectivity index (χ3v) is 14.6. The van der Waals surface area contributed by atoms with E-state index in [1.165, 1.54) is 58.0 Å². The molecule has 0 fully saturated rings. The predicted molar refractivity (Wildman–Crippen MR) is 173 cm³/mol. The summed E-state index contributed by atoms with van der Waals surface area (Å²) in [6.45, 7) is 7.91. The fourth-order valence-corrected chi connectivity index (χ4v) is 9.94. The van der Waals surface area contributed by atoms with E-state index in [2.05, 4.69) is 0 Å². The largest absolute Gasteiger partial charge is 0.491 e. The summed E-state index contributed by atoms with van der Waals surface area (Å²) >= 11 is 0. The van der Waals surface area contributed by atoms with Crippen LogP contribution in [0.4, 0.5) is 74.6 Å². The third-order valence-electron chi connectivity index (χ3n) is 8.93. The molecule has 1 rings (SSSR count). The van der Waals surface area contributed by atoms with Gasteiger partial charge in [0.25, 0.3) is 0 Å². The van der Waals surface area contributed by atoms with Gasteiger partial charge in [-0.2, -0.15) is 74.6 Å². The van der Waals surface area contributed by atoms with Crippen molar-refractivity contribution in [1.29, 1.82) is 0 Å². The molecule has 1 aromatic carbocycles. The van der Waals surface area contributed by atoms with Gasteiger partial charge in [0.2, 0.25) is 0 Å². The molecule has 5 nitrogen and oxygen atoms in total. The topological polar surface area (TPSA) is 65.0 Å². The van der Waals surface area contributed by atoms with Crippen LogP contribution in [0.15, 0.2) is 48.1 Å². The molecule has 0 heterocycles. The normalized spacial score (nSPS) is 15.5. The number of alkyl halides is 17. The van der Waals surface area contributed by atoms with Gasteiger partial charge in [0.1, 0.15) is 12.4 Å². The smallest absolute Gasteiger partial charge is 0.460 e. The van der Waals surface area contributed by atoms with E-state index in [4.69, 9.17) is 13.9 Å². The first-order valence-corrected chi connectivity index (χ1v) is 19.1. The first kappa shape index (κ1) is 51.9. The van der Waals surface area contributed by atoms with E-state index in [9.17, 15) is 84.5 Å². The van der Waals surface area contributed by atoms with Gasteiger partial charge < -0.3 is 19.0 Å². The standard InChI is InChI=1S/C34H41F17O5Si/c1-7-54-26(53)19-22(6)9-8-10-25(52)23-11-13-24(14-12-23)55-16-17-56-57(20(2)3,21(4)5)18-15-27(35,36)28(37,38)29(39,40)30(41,42)31(43,44)32(45,46)33(47,48)34(49,50)51/h8-9,11-14,19-21,25,52H,7,10,15-18H2,1-6H3/b9-8+,22-19+/t25-/m0/s1. The molecule has 1 N–H and O–H groups in total. The minimum atomic E-state index is -8.68. The summed E-state index contributed by atoms with van der Waals surface area (Å²) in [6, 6.07) is 4.46. The predicted octanol–water partition coefficient (Wildman–Crippen LogP) is 11.7. The Hall–Kier alpha value is -3.08. The van der Waals surface area contributed by atoms with E-state index in [0.29, 0.717) is 11.1 Å². The number of hydrogen-bond acceptors (Lipinski definition) is 5. The van der Waals surface area contributed by atoms with Crippen LogP contribution in [0, 0.1) is 0 Å². The lowest BCUT2D eigenvalue weighted by molar-refractivity contribution is -0.461. The van der Waals surface area contributed by atoms with Crippen molar-refractivity contribution >= 4 is 14.3 Å². The number of halogens is 17. The molecule has 330 valence electrons. The summed E-state index contributed by atoms with van der Waals surface area (Å²) < 4.78 is 250. The summed E-state index contributed by atoms with van der Waals surface area (Å²) in [7, 11) is -3.94. The van der Waals surface area contributed by atoms with Gasteiger partial charge in [-0.1, -0.05) is 52.0 Å². The highest BCUT2D eigenvalue weighted by Gasteiger charge is 2.95. The van der Waals surface area contributed by atoms with Crippen molar-refractivity contribution < 1.29 is 98.4 Å². The number of hydrogen-bond donors (Lipinski definition) is 1. The van der Waals surface area contributed by atoms with E-state index in [0.717, 1.165) is 0 Å². The van der Waals surface area contributed by atoms with Crippen LogP contribution in [0.1, 0.15) is 66.1 Å². The monoisotopic (exact) mass is 880 g/mol. The van der Waals surface area contributed by atoms with Crippen LogP contribution >= 0.6 is 0 Å². The summed E-state index contributed by atoms with van der Waals surface area (Å²) in [6.07, 6.45) is -6.79. The van der Waals surface area contributed by atoms with Crippen molar-refractivity contribution in [1.82, 2.24) is 0 Å². The second kappa shape index (κ2) is 18.5. The van der Waals surface area contributed by atoms with Crippen LogP contribution in [0.2, 0.25) is 17.1 Å². The van der Waals surface area contributed by atoms with Crippen molar-refractivity contribution in [3.63, 3.8) is 0 Å². The van der Waals surface area contributed by atoms with Crippen LogP contribution in [-0.2, 0) is 14.0 Å². The third kappa shape index (κ3) is 10.6. The lowest BCUT2D eigenvalue weighted by Gasteiger charge is -2.44. The molecular formula is C34H41F17O5Si. The summed E-state index contributed by atoms with van der Waals surface area (Å²) in [5, 5.41) is 10.4. The number of aliphatic hydroxyl groups is 1. The maximum Gasteiger partial charge on any atom is 0.460 e. The first-order chi connectivity index (χ1) is 25.6. The average molecular weight is 881 g/mol. The van der Waals surface area contributed by atoms with Crippen LogP contribution in [0.3, 0.4) is 0 Å². The molecule has 0 amide bonds. The molecule has 0 aliphatic carbocycles. The molecule has 0 saturated carbocycles.